The number of allylic oxidation sites excluding steroid dienone is 8. The molecule has 0 aromatic heterocycles. The average molecular weight is 1150 g/mol. The third kappa shape index (κ3) is 67.0. The van der Waals surface area contributed by atoms with Gasteiger partial charge in [-0.15, -0.1) is 0 Å². The highest BCUT2D eigenvalue weighted by atomic mass is 16.5. The summed E-state index contributed by atoms with van der Waals surface area (Å²) in [5.74, 6) is -0.0280. The van der Waals surface area contributed by atoms with Crippen LogP contribution in [0.5, 0.6) is 0 Å². The fourth-order valence-corrected chi connectivity index (χ4v) is 11.5. The maximum Gasteiger partial charge on any atom is 0.305 e. The summed E-state index contributed by atoms with van der Waals surface area (Å²) < 4.78 is 5.47. The first-order chi connectivity index (χ1) is 40.5. The third-order valence-corrected chi connectivity index (χ3v) is 17.1. The van der Waals surface area contributed by atoms with E-state index < -0.39 is 12.1 Å². The summed E-state index contributed by atoms with van der Waals surface area (Å²) in [7, 11) is 0. The molecule has 1 amide bonds. The molecule has 0 saturated heterocycles. The van der Waals surface area contributed by atoms with Crippen molar-refractivity contribution in [1.29, 1.82) is 0 Å². The number of amides is 1. The molecule has 82 heavy (non-hydrogen) atoms. The number of hydrogen-bond acceptors (Lipinski definition) is 5. The molecule has 2 atom stereocenters. The topological polar surface area (TPSA) is 95.9 Å². The van der Waals surface area contributed by atoms with Crippen molar-refractivity contribution < 1.29 is 24.5 Å². The molecule has 482 valence electrons. The monoisotopic (exact) mass is 1150 g/mol. The lowest BCUT2D eigenvalue weighted by molar-refractivity contribution is -0.143. The average Bonchev–Trinajstić information content (AvgIpc) is 3.48. The summed E-state index contributed by atoms with van der Waals surface area (Å²) in [6.45, 7) is 4.91. The molecule has 0 aromatic rings. The molecule has 0 radical (unpaired) electrons. The van der Waals surface area contributed by atoms with E-state index >= 15 is 0 Å². The predicted octanol–water partition coefficient (Wildman–Crippen LogP) is 24.0. The molecule has 0 aliphatic rings. The van der Waals surface area contributed by atoms with Gasteiger partial charge in [0.05, 0.1) is 25.4 Å². The fourth-order valence-electron chi connectivity index (χ4n) is 11.5. The molecule has 2 unspecified atom stereocenters. The number of ether oxygens (including phenoxy) is 1. The van der Waals surface area contributed by atoms with Gasteiger partial charge in [-0.25, -0.2) is 0 Å². The maximum atomic E-state index is 12.5. The summed E-state index contributed by atoms with van der Waals surface area (Å²) >= 11 is 0. The molecular formula is C76H143NO5. The van der Waals surface area contributed by atoms with Gasteiger partial charge in [-0.2, -0.15) is 0 Å². The predicted molar refractivity (Wildman–Crippen MR) is 361 cm³/mol. The van der Waals surface area contributed by atoms with Crippen LogP contribution in [0.1, 0.15) is 399 Å². The summed E-state index contributed by atoms with van der Waals surface area (Å²) in [6, 6.07) is -0.540. The van der Waals surface area contributed by atoms with Crippen LogP contribution in [0.3, 0.4) is 0 Å². The van der Waals surface area contributed by atoms with Crippen molar-refractivity contribution in [2.75, 3.05) is 13.2 Å². The molecule has 3 N–H and O–H groups in total. The van der Waals surface area contributed by atoms with E-state index in [4.69, 9.17) is 4.74 Å². The Labute approximate surface area is 512 Å². The molecule has 0 fully saturated rings. The zero-order valence-corrected chi connectivity index (χ0v) is 55.2. The normalized spacial score (nSPS) is 12.8. The lowest BCUT2D eigenvalue weighted by Crippen LogP contribution is -2.45. The van der Waals surface area contributed by atoms with Crippen LogP contribution in [0.2, 0.25) is 0 Å². The Bertz CT molecular complexity index is 1370. The molecular weight excluding hydrogens is 1010 g/mol. The van der Waals surface area contributed by atoms with Gasteiger partial charge in [-0.3, -0.25) is 9.59 Å². The number of nitrogens with one attached hydrogen (secondary N) is 1. The van der Waals surface area contributed by atoms with Crippen molar-refractivity contribution in [1.82, 2.24) is 5.32 Å². The van der Waals surface area contributed by atoms with Crippen molar-refractivity contribution in [3.8, 4) is 0 Å². The van der Waals surface area contributed by atoms with Crippen LogP contribution in [-0.2, 0) is 14.3 Å². The third-order valence-electron chi connectivity index (χ3n) is 17.1. The Balaban J connectivity index is 3.37. The number of rotatable bonds is 69. The number of carbonyl (C=O) groups excluding carboxylic acids is 2. The highest BCUT2D eigenvalue weighted by Crippen LogP contribution is 2.19. The lowest BCUT2D eigenvalue weighted by Gasteiger charge is -2.22. The molecule has 0 heterocycles. The van der Waals surface area contributed by atoms with Crippen LogP contribution in [-0.4, -0.2) is 47.4 Å². The van der Waals surface area contributed by atoms with E-state index in [1.54, 1.807) is 0 Å². The largest absolute Gasteiger partial charge is 0.466 e. The van der Waals surface area contributed by atoms with Gasteiger partial charge in [0.15, 0.2) is 0 Å². The first-order valence-corrected chi connectivity index (χ1v) is 36.9. The summed E-state index contributed by atoms with van der Waals surface area (Å²) in [5.41, 5.74) is 0. The van der Waals surface area contributed by atoms with Gasteiger partial charge in [0.25, 0.3) is 0 Å². The first-order valence-electron chi connectivity index (χ1n) is 36.9. The SMILES string of the molecule is CCC/C=C\C/C=C\CCCCCCCC(=O)OCCCCCCCCCCCCC/C=C\C/C=C\CCCCCCCCCCCCCCCCCCCC(=O)NC(CO)C(O)CCCCCCCCCCCCCCCCCCC. The molecule has 0 saturated carbocycles. The van der Waals surface area contributed by atoms with E-state index in [1.165, 1.54) is 308 Å². The number of esters is 1. The summed E-state index contributed by atoms with van der Waals surface area (Å²) in [5, 5.41) is 23.4. The van der Waals surface area contributed by atoms with Crippen molar-refractivity contribution in [2.24, 2.45) is 0 Å². The van der Waals surface area contributed by atoms with Crippen LogP contribution in [0.25, 0.3) is 0 Å². The maximum absolute atomic E-state index is 12.5. The minimum Gasteiger partial charge on any atom is -0.466 e. The standard InChI is InChI=1S/C76H143NO5/c1-3-5-7-9-11-13-15-17-18-38-41-45-48-52-56-60-64-68-74(79)73(72-78)77-75(80)69-65-61-57-53-49-46-42-39-36-34-32-30-28-26-24-22-20-19-21-23-25-27-29-31-33-35-37-40-43-47-51-55-59-63-67-71-82-76(81)70-66-62-58-54-50-44-16-14-12-10-8-6-4-2/h8,10,14,16,21,23,27,29,73-74,78-79H,3-7,9,11-13,15,17-20,22,24-26,28,30-72H2,1-2H3,(H,77,80)/b10-8-,16-14-,23-21-,29-27-. The molecule has 0 spiro atoms. The van der Waals surface area contributed by atoms with Gasteiger partial charge >= 0.3 is 5.97 Å². The second-order valence-electron chi connectivity index (χ2n) is 25.3. The zero-order valence-electron chi connectivity index (χ0n) is 55.2. The smallest absolute Gasteiger partial charge is 0.305 e. The molecule has 0 rings (SSSR count). The molecule has 0 aliphatic heterocycles. The van der Waals surface area contributed by atoms with Crippen molar-refractivity contribution in [3.05, 3.63) is 48.6 Å². The number of unbranched alkanes of at least 4 members (excludes halogenated alkanes) is 50. The van der Waals surface area contributed by atoms with Crippen LogP contribution < -0.4 is 5.32 Å². The summed E-state index contributed by atoms with van der Waals surface area (Å²) in [6.07, 6.45) is 93.2. The van der Waals surface area contributed by atoms with Crippen LogP contribution in [0, 0.1) is 0 Å². The first kappa shape index (κ1) is 79.8. The van der Waals surface area contributed by atoms with Gasteiger partial charge < -0.3 is 20.3 Å². The van der Waals surface area contributed by atoms with E-state index in [0.29, 0.717) is 25.9 Å². The lowest BCUT2D eigenvalue weighted by atomic mass is 10.0. The second-order valence-corrected chi connectivity index (χ2v) is 25.3. The molecule has 6 heteroatoms. The molecule has 0 bridgehead atoms. The highest BCUT2D eigenvalue weighted by Gasteiger charge is 2.20. The van der Waals surface area contributed by atoms with Crippen molar-refractivity contribution in [3.63, 3.8) is 0 Å². The van der Waals surface area contributed by atoms with Gasteiger partial charge in [-0.05, 0) is 83.5 Å². The second kappa shape index (κ2) is 71.3. The van der Waals surface area contributed by atoms with Gasteiger partial charge in [0.2, 0.25) is 5.91 Å². The van der Waals surface area contributed by atoms with Gasteiger partial charge in [0, 0.05) is 12.8 Å². The molecule has 6 nitrogen and oxygen atoms in total. The Kier molecular flexibility index (Phi) is 69.4. The van der Waals surface area contributed by atoms with Crippen LogP contribution in [0.4, 0.5) is 0 Å². The van der Waals surface area contributed by atoms with Gasteiger partial charge in [-0.1, -0.05) is 351 Å². The van der Waals surface area contributed by atoms with E-state index in [2.05, 4.69) is 67.8 Å². The highest BCUT2D eigenvalue weighted by molar-refractivity contribution is 5.76. The number of aliphatic hydroxyl groups is 2. The number of carbonyl (C=O) groups is 2. The Hall–Kier alpha value is -2.18. The number of hydrogen-bond donors (Lipinski definition) is 3. The fraction of sp³-hybridized carbons (Fsp3) is 0.868. The Morgan fingerprint density at radius 3 is 0.976 bits per heavy atom. The molecule has 0 aromatic carbocycles. The van der Waals surface area contributed by atoms with Crippen LogP contribution in [0.15, 0.2) is 48.6 Å². The minimum atomic E-state index is -0.663. The van der Waals surface area contributed by atoms with E-state index in [0.717, 1.165) is 57.8 Å². The zero-order chi connectivity index (χ0) is 59.2. The summed E-state index contributed by atoms with van der Waals surface area (Å²) in [4.78, 5) is 24.6. The van der Waals surface area contributed by atoms with Crippen LogP contribution >= 0.6 is 0 Å². The van der Waals surface area contributed by atoms with Crippen molar-refractivity contribution >= 4 is 11.9 Å². The molecule has 0 aliphatic carbocycles. The van der Waals surface area contributed by atoms with E-state index in [-0.39, 0.29) is 18.5 Å². The minimum absolute atomic E-state index is 0.00147. The van der Waals surface area contributed by atoms with E-state index in [9.17, 15) is 19.8 Å². The van der Waals surface area contributed by atoms with Gasteiger partial charge in [0.1, 0.15) is 0 Å². The van der Waals surface area contributed by atoms with E-state index in [1.807, 2.05) is 0 Å². The Morgan fingerprint density at radius 2 is 0.634 bits per heavy atom. The Morgan fingerprint density at radius 1 is 0.341 bits per heavy atom. The quantitative estimate of drug-likeness (QED) is 0.0320. The van der Waals surface area contributed by atoms with Crippen molar-refractivity contribution in [2.45, 2.75) is 411 Å². The number of aliphatic hydroxyl groups excluding tert-OH is 2.